The van der Waals surface area contributed by atoms with E-state index in [1.54, 1.807) is 4.57 Å². The number of aromatic nitrogens is 1. The largest absolute Gasteiger partial charge is 0.352 e. The van der Waals surface area contributed by atoms with Crippen LogP contribution < -0.4 is 16.1 Å². The average Bonchev–Trinajstić information content (AvgIpc) is 2.67. The van der Waals surface area contributed by atoms with Crippen LogP contribution in [0.1, 0.15) is 46.5 Å². The molecule has 0 fully saturated rings. The number of amides is 2. The summed E-state index contributed by atoms with van der Waals surface area (Å²) in [4.78, 5) is 37.7. The number of hydrogen-bond acceptors (Lipinski definition) is 3. The highest BCUT2D eigenvalue weighted by atomic mass is 16.2. The molecule has 6 heteroatoms. The van der Waals surface area contributed by atoms with Crippen LogP contribution in [0.4, 0.5) is 0 Å². The summed E-state index contributed by atoms with van der Waals surface area (Å²) in [5.41, 5.74) is 0.322. The van der Waals surface area contributed by atoms with E-state index in [1.165, 1.54) is 18.5 Å². The van der Waals surface area contributed by atoms with Gasteiger partial charge in [-0.15, -0.1) is 6.58 Å². The lowest BCUT2D eigenvalue weighted by Crippen LogP contribution is -2.36. The number of rotatable bonds is 9. The van der Waals surface area contributed by atoms with Crippen LogP contribution in [0.2, 0.25) is 0 Å². The van der Waals surface area contributed by atoms with Gasteiger partial charge < -0.3 is 15.2 Å². The van der Waals surface area contributed by atoms with E-state index in [0.29, 0.717) is 19.0 Å². The van der Waals surface area contributed by atoms with Crippen molar-refractivity contribution < 1.29 is 9.59 Å². The van der Waals surface area contributed by atoms with E-state index in [0.717, 1.165) is 12.0 Å². The number of nitrogens with zero attached hydrogens (tertiary/aromatic N) is 1. The van der Waals surface area contributed by atoms with Gasteiger partial charge in [0.1, 0.15) is 11.1 Å². The zero-order chi connectivity index (χ0) is 20.5. The molecule has 2 aromatic rings. The van der Waals surface area contributed by atoms with Crippen LogP contribution >= 0.6 is 0 Å². The van der Waals surface area contributed by atoms with Crippen molar-refractivity contribution in [3.63, 3.8) is 0 Å². The third-order valence-electron chi connectivity index (χ3n) is 4.19. The third kappa shape index (κ3) is 5.94. The quantitative estimate of drug-likeness (QED) is 0.655. The monoisotopic (exact) mass is 381 g/mol. The molecule has 0 aliphatic carbocycles. The molecular formula is C22H27N3O3. The van der Waals surface area contributed by atoms with Crippen LogP contribution in [0.15, 0.2) is 60.2 Å². The Morgan fingerprint density at radius 2 is 1.68 bits per heavy atom. The van der Waals surface area contributed by atoms with Gasteiger partial charge in [0.05, 0.1) is 0 Å². The molecule has 0 aliphatic heterocycles. The minimum atomic E-state index is -0.576. The fraction of sp³-hybridized carbons (Fsp3) is 0.318. The lowest BCUT2D eigenvalue weighted by atomic mass is 10.1. The molecule has 0 unspecified atom stereocenters. The summed E-state index contributed by atoms with van der Waals surface area (Å²) < 4.78 is 1.69. The number of carbonyl (C=O) groups is 2. The molecule has 2 rings (SSSR count). The van der Waals surface area contributed by atoms with Gasteiger partial charge in [-0.1, -0.05) is 50.3 Å². The SMILES string of the molecule is C=CCNC(=O)c1cn(Cc2ccccc2)cc(C(=O)NCCC(C)C)c1=O. The van der Waals surface area contributed by atoms with Gasteiger partial charge in [-0.3, -0.25) is 14.4 Å². The number of benzene rings is 1. The van der Waals surface area contributed by atoms with Gasteiger partial charge in [0.25, 0.3) is 11.8 Å². The second kappa shape index (κ2) is 10.3. The zero-order valence-electron chi connectivity index (χ0n) is 16.4. The smallest absolute Gasteiger partial charge is 0.257 e. The molecule has 0 saturated carbocycles. The Morgan fingerprint density at radius 3 is 2.25 bits per heavy atom. The molecule has 1 heterocycles. The van der Waals surface area contributed by atoms with E-state index in [1.807, 2.05) is 30.3 Å². The Bertz CT molecular complexity index is 886. The Morgan fingerprint density at radius 1 is 1.07 bits per heavy atom. The summed E-state index contributed by atoms with van der Waals surface area (Å²) in [5, 5.41) is 5.37. The van der Waals surface area contributed by atoms with Crippen LogP contribution in [0.5, 0.6) is 0 Å². The minimum absolute atomic E-state index is 0.0362. The summed E-state index contributed by atoms with van der Waals surface area (Å²) >= 11 is 0. The Kier molecular flexibility index (Phi) is 7.75. The van der Waals surface area contributed by atoms with Gasteiger partial charge in [0.2, 0.25) is 5.43 Å². The summed E-state index contributed by atoms with van der Waals surface area (Å²) in [5.74, 6) is -0.555. The van der Waals surface area contributed by atoms with Crippen LogP contribution in [0.3, 0.4) is 0 Å². The number of pyridine rings is 1. The molecule has 148 valence electrons. The Labute approximate surface area is 165 Å². The first-order chi connectivity index (χ1) is 13.4. The van der Waals surface area contributed by atoms with Crippen molar-refractivity contribution in [2.24, 2.45) is 5.92 Å². The van der Waals surface area contributed by atoms with E-state index in [4.69, 9.17) is 0 Å². The first kappa shape index (κ1) is 21.2. The standard InChI is InChI=1S/C22H27N3O3/c1-4-11-23-21(27)18-14-25(13-17-8-6-5-7-9-17)15-19(20(18)26)22(28)24-12-10-16(2)3/h4-9,14-16H,1,10-13H2,2-3H3,(H,23,27)(H,24,28). The highest BCUT2D eigenvalue weighted by Gasteiger charge is 2.19. The molecule has 2 amide bonds. The van der Waals surface area contributed by atoms with E-state index in [-0.39, 0.29) is 17.7 Å². The van der Waals surface area contributed by atoms with Gasteiger partial charge in [0.15, 0.2) is 0 Å². The van der Waals surface area contributed by atoms with Crippen molar-refractivity contribution in [3.8, 4) is 0 Å². The van der Waals surface area contributed by atoms with Crippen LogP contribution in [-0.4, -0.2) is 29.5 Å². The predicted molar refractivity (Wildman–Crippen MR) is 111 cm³/mol. The molecule has 0 saturated heterocycles. The lowest BCUT2D eigenvalue weighted by Gasteiger charge is -2.13. The van der Waals surface area contributed by atoms with Crippen molar-refractivity contribution >= 4 is 11.8 Å². The fourth-order valence-corrected chi connectivity index (χ4v) is 2.67. The molecule has 0 aliphatic rings. The van der Waals surface area contributed by atoms with Crippen molar-refractivity contribution in [3.05, 3.63) is 82.3 Å². The molecule has 0 radical (unpaired) electrons. The summed E-state index contributed by atoms with van der Waals surface area (Å²) in [6.07, 6.45) is 5.33. The molecule has 6 nitrogen and oxygen atoms in total. The Balaban J connectivity index is 2.36. The highest BCUT2D eigenvalue weighted by Crippen LogP contribution is 2.06. The van der Waals surface area contributed by atoms with E-state index < -0.39 is 17.2 Å². The number of hydrogen-bond donors (Lipinski definition) is 2. The van der Waals surface area contributed by atoms with Crippen molar-refractivity contribution in [2.75, 3.05) is 13.1 Å². The fourth-order valence-electron chi connectivity index (χ4n) is 2.67. The first-order valence-electron chi connectivity index (χ1n) is 9.37. The van der Waals surface area contributed by atoms with E-state index >= 15 is 0 Å². The van der Waals surface area contributed by atoms with E-state index in [2.05, 4.69) is 31.1 Å². The van der Waals surface area contributed by atoms with Gasteiger partial charge >= 0.3 is 0 Å². The third-order valence-corrected chi connectivity index (χ3v) is 4.19. The molecule has 28 heavy (non-hydrogen) atoms. The molecule has 0 atom stereocenters. The van der Waals surface area contributed by atoms with Crippen LogP contribution in [0.25, 0.3) is 0 Å². The number of nitrogens with one attached hydrogen (secondary N) is 2. The van der Waals surface area contributed by atoms with Crippen LogP contribution in [0, 0.1) is 5.92 Å². The molecule has 1 aromatic carbocycles. The molecule has 1 aromatic heterocycles. The summed E-state index contributed by atoms with van der Waals surface area (Å²) in [7, 11) is 0. The second-order valence-corrected chi connectivity index (χ2v) is 7.01. The molecular weight excluding hydrogens is 354 g/mol. The summed E-state index contributed by atoms with van der Waals surface area (Å²) in [6, 6.07) is 9.62. The highest BCUT2D eigenvalue weighted by molar-refractivity contribution is 5.99. The molecule has 2 N–H and O–H groups in total. The maximum absolute atomic E-state index is 12.8. The molecule has 0 bridgehead atoms. The van der Waals surface area contributed by atoms with Gasteiger partial charge in [0, 0.05) is 32.0 Å². The van der Waals surface area contributed by atoms with Gasteiger partial charge in [-0.25, -0.2) is 0 Å². The van der Waals surface area contributed by atoms with Gasteiger partial charge in [-0.2, -0.15) is 0 Å². The molecule has 0 spiro atoms. The normalized spacial score (nSPS) is 10.5. The lowest BCUT2D eigenvalue weighted by molar-refractivity contribution is 0.0950. The maximum Gasteiger partial charge on any atom is 0.257 e. The second-order valence-electron chi connectivity index (χ2n) is 7.01. The van der Waals surface area contributed by atoms with E-state index in [9.17, 15) is 14.4 Å². The Hall–Kier alpha value is -3.15. The number of carbonyl (C=O) groups excluding carboxylic acids is 2. The average molecular weight is 381 g/mol. The summed E-state index contributed by atoms with van der Waals surface area (Å²) in [6.45, 7) is 8.82. The minimum Gasteiger partial charge on any atom is -0.352 e. The van der Waals surface area contributed by atoms with Crippen molar-refractivity contribution in [2.45, 2.75) is 26.8 Å². The van der Waals surface area contributed by atoms with Crippen molar-refractivity contribution in [1.82, 2.24) is 15.2 Å². The van der Waals surface area contributed by atoms with Crippen LogP contribution in [-0.2, 0) is 6.54 Å². The topological polar surface area (TPSA) is 80.2 Å². The van der Waals surface area contributed by atoms with Crippen molar-refractivity contribution in [1.29, 1.82) is 0 Å². The maximum atomic E-state index is 12.8. The predicted octanol–water partition coefficient (Wildman–Crippen LogP) is 2.59. The first-order valence-corrected chi connectivity index (χ1v) is 9.37. The van der Waals surface area contributed by atoms with Gasteiger partial charge in [-0.05, 0) is 17.9 Å². The zero-order valence-corrected chi connectivity index (χ0v) is 16.4.